The van der Waals surface area contributed by atoms with Crippen molar-refractivity contribution in [3.05, 3.63) is 90.1 Å². The van der Waals surface area contributed by atoms with E-state index in [1.165, 1.54) is 0 Å². The van der Waals surface area contributed by atoms with Crippen LogP contribution in [0.3, 0.4) is 0 Å². The van der Waals surface area contributed by atoms with Crippen LogP contribution >= 0.6 is 0 Å². The summed E-state index contributed by atoms with van der Waals surface area (Å²) in [5.41, 5.74) is 5.14. The molecule has 5 nitrogen and oxygen atoms in total. The minimum Gasteiger partial charge on any atom is -0.360 e. The van der Waals surface area contributed by atoms with Crippen molar-refractivity contribution in [3.8, 4) is 5.69 Å². The van der Waals surface area contributed by atoms with Gasteiger partial charge < -0.3 is 4.98 Å². The van der Waals surface area contributed by atoms with Crippen LogP contribution in [0, 0.1) is 6.92 Å². The van der Waals surface area contributed by atoms with Crippen LogP contribution in [0.15, 0.2) is 73.2 Å². The van der Waals surface area contributed by atoms with Gasteiger partial charge in [-0.25, -0.2) is 4.98 Å². The second kappa shape index (κ2) is 5.92. The number of aryl methyl sites for hydroxylation is 1. The lowest BCUT2D eigenvalue weighted by atomic mass is 10.0. The van der Waals surface area contributed by atoms with Gasteiger partial charge in [-0.1, -0.05) is 18.2 Å². The van der Waals surface area contributed by atoms with Crippen molar-refractivity contribution >= 4 is 27.7 Å². The monoisotopic (exact) mass is 352 g/mol. The van der Waals surface area contributed by atoms with Crippen molar-refractivity contribution in [2.75, 3.05) is 0 Å². The lowest BCUT2D eigenvalue weighted by Crippen LogP contribution is -2.02. The van der Waals surface area contributed by atoms with Crippen molar-refractivity contribution in [1.82, 2.24) is 19.5 Å². The Kier molecular flexibility index (Phi) is 3.40. The molecule has 1 N–H and O–H groups in total. The van der Waals surface area contributed by atoms with Gasteiger partial charge in [0, 0.05) is 40.1 Å². The summed E-state index contributed by atoms with van der Waals surface area (Å²) in [5, 5.41) is 0.940. The summed E-state index contributed by atoms with van der Waals surface area (Å²) in [7, 11) is 0. The van der Waals surface area contributed by atoms with E-state index in [4.69, 9.17) is 0 Å². The first-order valence-electron chi connectivity index (χ1n) is 8.73. The van der Waals surface area contributed by atoms with Gasteiger partial charge in [-0.3, -0.25) is 14.3 Å². The van der Waals surface area contributed by atoms with Gasteiger partial charge in [-0.05, 0) is 43.3 Å². The van der Waals surface area contributed by atoms with E-state index in [1.807, 2.05) is 61.5 Å². The summed E-state index contributed by atoms with van der Waals surface area (Å²) in [5.74, 6) is 0.893. The van der Waals surface area contributed by atoms with Gasteiger partial charge in [0.25, 0.3) is 0 Å². The van der Waals surface area contributed by atoms with E-state index in [0.29, 0.717) is 11.1 Å². The number of carbonyl (C=O) groups is 1. The zero-order chi connectivity index (χ0) is 18.4. The maximum absolute atomic E-state index is 13.0. The Morgan fingerprint density at radius 1 is 1.04 bits per heavy atom. The number of hydrogen-bond acceptors (Lipinski definition) is 3. The van der Waals surface area contributed by atoms with E-state index in [1.54, 1.807) is 18.6 Å². The smallest absolute Gasteiger partial charge is 0.195 e. The average Bonchev–Trinajstić information content (AvgIpc) is 3.28. The van der Waals surface area contributed by atoms with Crippen LogP contribution in [0.1, 0.15) is 21.7 Å². The van der Waals surface area contributed by atoms with E-state index in [2.05, 4.69) is 19.5 Å². The molecule has 0 fully saturated rings. The fourth-order valence-electron chi connectivity index (χ4n) is 3.56. The minimum atomic E-state index is 0.00964. The second-order valence-corrected chi connectivity index (χ2v) is 6.48. The molecule has 2 aromatic carbocycles. The molecule has 0 spiro atoms. The molecule has 5 heteroatoms. The molecule has 0 aliphatic heterocycles. The Hall–Kier alpha value is -3.73. The Morgan fingerprint density at radius 3 is 2.70 bits per heavy atom. The van der Waals surface area contributed by atoms with Crippen LogP contribution in [-0.4, -0.2) is 25.3 Å². The molecule has 0 aliphatic rings. The highest BCUT2D eigenvalue weighted by Gasteiger charge is 2.15. The predicted molar refractivity (Wildman–Crippen MR) is 105 cm³/mol. The number of rotatable bonds is 3. The third-order valence-electron chi connectivity index (χ3n) is 4.85. The highest BCUT2D eigenvalue weighted by Crippen LogP contribution is 2.24. The van der Waals surface area contributed by atoms with Crippen LogP contribution in [0.5, 0.6) is 0 Å². The molecule has 0 radical (unpaired) electrons. The largest absolute Gasteiger partial charge is 0.360 e. The number of para-hydroxylation sites is 1. The third kappa shape index (κ3) is 2.44. The maximum atomic E-state index is 13.0. The lowest BCUT2D eigenvalue weighted by Gasteiger charge is -2.08. The average molecular weight is 352 g/mol. The zero-order valence-corrected chi connectivity index (χ0v) is 14.7. The van der Waals surface area contributed by atoms with Crippen LogP contribution < -0.4 is 0 Å². The zero-order valence-electron chi connectivity index (χ0n) is 14.7. The molecule has 0 saturated heterocycles. The molecular formula is C22H16N4O. The number of pyridine rings is 1. The van der Waals surface area contributed by atoms with Crippen LogP contribution in [0.25, 0.3) is 27.6 Å². The van der Waals surface area contributed by atoms with Crippen molar-refractivity contribution in [2.45, 2.75) is 6.92 Å². The molecule has 0 atom stereocenters. The molecule has 0 aliphatic carbocycles. The number of nitrogens with zero attached hydrogens (tertiary/aromatic N) is 3. The molecule has 5 rings (SSSR count). The van der Waals surface area contributed by atoms with Crippen molar-refractivity contribution in [3.63, 3.8) is 0 Å². The van der Waals surface area contributed by atoms with Crippen LogP contribution in [0.4, 0.5) is 0 Å². The highest BCUT2D eigenvalue weighted by atomic mass is 16.1. The van der Waals surface area contributed by atoms with Crippen LogP contribution in [-0.2, 0) is 0 Å². The number of hydrogen-bond donors (Lipinski definition) is 1. The number of imidazole rings is 1. The van der Waals surface area contributed by atoms with Crippen molar-refractivity contribution in [1.29, 1.82) is 0 Å². The van der Waals surface area contributed by atoms with Gasteiger partial charge in [0.15, 0.2) is 5.78 Å². The minimum absolute atomic E-state index is 0.00964. The van der Waals surface area contributed by atoms with Gasteiger partial charge in [0.2, 0.25) is 0 Å². The molecule has 3 heterocycles. The van der Waals surface area contributed by atoms with E-state index in [9.17, 15) is 4.79 Å². The molecule has 130 valence electrons. The van der Waals surface area contributed by atoms with Gasteiger partial charge >= 0.3 is 0 Å². The first kappa shape index (κ1) is 15.5. The summed E-state index contributed by atoms with van der Waals surface area (Å²) in [6.07, 6.45) is 5.30. The quantitative estimate of drug-likeness (QED) is 0.488. The van der Waals surface area contributed by atoms with E-state index >= 15 is 0 Å². The summed E-state index contributed by atoms with van der Waals surface area (Å²) in [6.45, 7) is 1.96. The Morgan fingerprint density at radius 2 is 1.85 bits per heavy atom. The third-order valence-corrected chi connectivity index (χ3v) is 4.85. The van der Waals surface area contributed by atoms with Crippen molar-refractivity contribution < 1.29 is 4.79 Å². The molecule has 27 heavy (non-hydrogen) atoms. The second-order valence-electron chi connectivity index (χ2n) is 6.48. The number of benzene rings is 2. The number of carbonyl (C=O) groups excluding carboxylic acids is 1. The molecule has 5 aromatic rings. The van der Waals surface area contributed by atoms with Gasteiger partial charge in [0.1, 0.15) is 11.3 Å². The normalized spacial score (nSPS) is 11.3. The first-order chi connectivity index (χ1) is 13.2. The molecule has 0 bridgehead atoms. The Bertz CT molecular complexity index is 1300. The highest BCUT2D eigenvalue weighted by molar-refractivity contribution is 6.16. The topological polar surface area (TPSA) is 63.6 Å². The van der Waals surface area contributed by atoms with Gasteiger partial charge in [-0.15, -0.1) is 0 Å². The molecular weight excluding hydrogens is 336 g/mol. The number of fused-ring (bicyclic) bond motifs is 2. The number of H-pyrrole nitrogens is 1. The summed E-state index contributed by atoms with van der Waals surface area (Å²) in [6, 6.07) is 17.4. The van der Waals surface area contributed by atoms with E-state index in [-0.39, 0.29) is 5.78 Å². The summed E-state index contributed by atoms with van der Waals surface area (Å²) in [4.78, 5) is 24.8. The van der Waals surface area contributed by atoms with Crippen LogP contribution in [0.2, 0.25) is 0 Å². The fourth-order valence-corrected chi connectivity index (χ4v) is 3.56. The molecule has 3 aromatic heterocycles. The molecule has 0 amide bonds. The maximum Gasteiger partial charge on any atom is 0.195 e. The summed E-state index contributed by atoms with van der Waals surface area (Å²) >= 11 is 0. The number of aromatic nitrogens is 4. The van der Waals surface area contributed by atoms with Crippen molar-refractivity contribution in [2.24, 2.45) is 0 Å². The Labute approximate surface area is 155 Å². The lowest BCUT2D eigenvalue weighted by molar-refractivity contribution is 0.104. The first-order valence-corrected chi connectivity index (χ1v) is 8.73. The summed E-state index contributed by atoms with van der Waals surface area (Å²) < 4.78 is 2.07. The number of nitrogens with one attached hydrogen (secondary N) is 1. The number of aromatic amines is 1. The molecule has 0 unspecified atom stereocenters. The SMILES string of the molecule is Cc1nc2cnccc2n1-c1ccc(C(=O)c2c[nH]c3ccccc23)cc1. The predicted octanol–water partition coefficient (Wildman–Crippen LogP) is 4.44. The van der Waals surface area contributed by atoms with E-state index < -0.39 is 0 Å². The van der Waals surface area contributed by atoms with Gasteiger partial charge in [-0.2, -0.15) is 0 Å². The standard InChI is InChI=1S/C22H16N4O/c1-14-25-20-13-23-11-10-21(20)26(14)16-8-6-15(7-9-16)22(27)18-12-24-19-5-3-2-4-17(18)19/h2-13,24H,1H3. The molecule has 0 saturated carbocycles. The fraction of sp³-hybridized carbons (Fsp3) is 0.0455. The number of ketones is 1. The van der Waals surface area contributed by atoms with E-state index in [0.717, 1.165) is 33.4 Å². The van der Waals surface area contributed by atoms with Gasteiger partial charge in [0.05, 0.1) is 11.7 Å². The Balaban J connectivity index is 1.55.